The van der Waals surface area contributed by atoms with Crippen molar-refractivity contribution in [3.05, 3.63) is 93.4 Å². The van der Waals surface area contributed by atoms with Crippen LogP contribution in [0, 0.1) is 22.6 Å². The Morgan fingerprint density at radius 2 is 2.00 bits per heavy atom. The van der Waals surface area contributed by atoms with Crippen molar-refractivity contribution in [2.24, 2.45) is 11.1 Å². The fourth-order valence-corrected chi connectivity index (χ4v) is 5.31. The second kappa shape index (κ2) is 8.03. The number of Topliss-reactive ketones (excluding diaryl/α,β-unsaturated/α-hetero) is 1. The van der Waals surface area contributed by atoms with Crippen molar-refractivity contribution in [1.82, 2.24) is 4.57 Å². The highest BCUT2D eigenvalue weighted by Gasteiger charge is 2.43. The molecular weight excluding hydrogens is 453 g/mol. The molecule has 5 rings (SSSR count). The number of carbonyl (C=O) groups excluding carboxylic acids is 1. The lowest BCUT2D eigenvalue weighted by Crippen LogP contribution is -2.33. The van der Waals surface area contributed by atoms with E-state index in [9.17, 15) is 14.4 Å². The van der Waals surface area contributed by atoms with Crippen LogP contribution in [-0.4, -0.2) is 10.4 Å². The monoisotopic (exact) mass is 475 g/mol. The summed E-state index contributed by atoms with van der Waals surface area (Å²) in [7, 11) is 0. The average Bonchev–Trinajstić information content (AvgIpc) is 3.13. The largest absolute Gasteiger partial charge is 0.444 e. The number of para-hydroxylation sites is 1. The van der Waals surface area contributed by atoms with Gasteiger partial charge in [0.25, 0.3) is 0 Å². The maximum absolute atomic E-state index is 14.6. The van der Waals surface area contributed by atoms with Gasteiger partial charge in [0.15, 0.2) is 5.78 Å². The van der Waals surface area contributed by atoms with E-state index in [-0.39, 0.29) is 29.2 Å². The zero-order valence-corrected chi connectivity index (χ0v) is 19.6. The first-order valence-electron chi connectivity index (χ1n) is 11.0. The molecule has 0 bridgehead atoms. The minimum absolute atomic E-state index is 0.0192. The van der Waals surface area contributed by atoms with Gasteiger partial charge in [-0.05, 0) is 29.2 Å². The number of aromatic nitrogens is 1. The molecule has 0 saturated carbocycles. The molecule has 1 aliphatic heterocycles. The highest BCUT2D eigenvalue weighted by Crippen LogP contribution is 2.49. The predicted molar refractivity (Wildman–Crippen MR) is 128 cm³/mol. The molecule has 1 unspecified atom stereocenters. The van der Waals surface area contributed by atoms with E-state index in [2.05, 4.69) is 6.07 Å². The molecule has 2 aromatic carbocycles. The Hall–Kier alpha value is -3.56. The van der Waals surface area contributed by atoms with E-state index in [1.807, 2.05) is 48.9 Å². The van der Waals surface area contributed by atoms with Gasteiger partial charge in [-0.3, -0.25) is 4.79 Å². The fourth-order valence-electron chi connectivity index (χ4n) is 5.09. The number of halogens is 2. The Labute approximate surface area is 201 Å². The second-order valence-electron chi connectivity index (χ2n) is 9.63. The summed E-state index contributed by atoms with van der Waals surface area (Å²) in [6.45, 7) is 4.22. The molecular formula is C27H23ClFN3O2. The molecule has 0 amide bonds. The van der Waals surface area contributed by atoms with Crippen molar-refractivity contribution in [2.45, 2.75) is 39.2 Å². The number of allylic oxidation sites excluding steroid dienone is 3. The van der Waals surface area contributed by atoms with Crippen molar-refractivity contribution in [3.8, 4) is 6.07 Å². The van der Waals surface area contributed by atoms with Crippen LogP contribution in [0.25, 0.3) is 10.9 Å². The van der Waals surface area contributed by atoms with Crippen molar-refractivity contribution in [2.75, 3.05) is 0 Å². The molecule has 2 N–H and O–H groups in total. The van der Waals surface area contributed by atoms with E-state index >= 15 is 0 Å². The van der Waals surface area contributed by atoms with E-state index in [1.54, 1.807) is 12.1 Å². The summed E-state index contributed by atoms with van der Waals surface area (Å²) in [6.07, 6.45) is 2.77. The summed E-state index contributed by atoms with van der Waals surface area (Å²) >= 11 is 6.30. The fraction of sp³-hybridized carbons (Fsp3) is 0.259. The molecule has 172 valence electrons. The van der Waals surface area contributed by atoms with Gasteiger partial charge in [0.05, 0.1) is 12.5 Å². The van der Waals surface area contributed by atoms with Crippen LogP contribution in [-0.2, 0) is 16.1 Å². The molecule has 0 radical (unpaired) electrons. The Balaban J connectivity index is 1.72. The molecule has 7 heteroatoms. The third-order valence-electron chi connectivity index (χ3n) is 6.60. The van der Waals surface area contributed by atoms with Crippen LogP contribution in [0.15, 0.2) is 71.4 Å². The standard InChI is InChI=1S/C27H23ClFN3O2/c1-27(2)10-22(33)25-23(11-27)34-26(31)16(12-30)24(25)17-13-32(21-9-4-3-6-15(17)21)14-18-19(28)7-5-8-20(18)29/h3-9,13,24H,10-11,14,31H2,1-2H3. The first-order valence-corrected chi connectivity index (χ1v) is 11.4. The summed E-state index contributed by atoms with van der Waals surface area (Å²) in [6, 6.07) is 14.4. The molecule has 2 heterocycles. The first kappa shape index (κ1) is 22.2. The number of hydrogen-bond acceptors (Lipinski definition) is 4. The van der Waals surface area contributed by atoms with E-state index in [0.29, 0.717) is 34.8 Å². The number of nitrogens with zero attached hydrogens (tertiary/aromatic N) is 2. The van der Waals surface area contributed by atoms with Gasteiger partial charge >= 0.3 is 0 Å². The smallest absolute Gasteiger partial charge is 0.205 e. The number of carbonyl (C=O) groups is 1. The van der Waals surface area contributed by atoms with E-state index in [0.717, 1.165) is 16.5 Å². The minimum atomic E-state index is -0.653. The van der Waals surface area contributed by atoms with E-state index < -0.39 is 11.7 Å². The van der Waals surface area contributed by atoms with Crippen LogP contribution in [0.5, 0.6) is 0 Å². The van der Waals surface area contributed by atoms with Gasteiger partial charge < -0.3 is 15.0 Å². The van der Waals surface area contributed by atoms with E-state index in [4.69, 9.17) is 22.1 Å². The van der Waals surface area contributed by atoms with Gasteiger partial charge in [-0.1, -0.05) is 49.7 Å². The Kier molecular flexibility index (Phi) is 5.26. The SMILES string of the molecule is CC1(C)CC(=O)C2=C(C1)OC(N)=C(C#N)C2c1cn(Cc2c(F)cccc2Cl)c2ccccc12. The lowest BCUT2D eigenvalue weighted by molar-refractivity contribution is -0.119. The Bertz CT molecular complexity index is 1440. The number of hydrogen-bond donors (Lipinski definition) is 1. The molecule has 1 aromatic heterocycles. The van der Waals surface area contributed by atoms with Crippen molar-refractivity contribution in [1.29, 1.82) is 5.26 Å². The number of benzene rings is 2. The van der Waals surface area contributed by atoms with Crippen LogP contribution in [0.2, 0.25) is 5.02 Å². The Morgan fingerprint density at radius 1 is 1.24 bits per heavy atom. The first-order chi connectivity index (χ1) is 16.2. The van der Waals surface area contributed by atoms with Crippen LogP contribution in [0.4, 0.5) is 4.39 Å². The summed E-state index contributed by atoms with van der Waals surface area (Å²) in [5.41, 5.74) is 8.58. The lowest BCUT2D eigenvalue weighted by atomic mass is 9.70. The number of rotatable bonds is 3. The van der Waals surface area contributed by atoms with Crippen LogP contribution < -0.4 is 5.73 Å². The van der Waals surface area contributed by atoms with Gasteiger partial charge in [-0.2, -0.15) is 5.26 Å². The van der Waals surface area contributed by atoms with Crippen molar-refractivity contribution >= 4 is 28.3 Å². The molecule has 1 aliphatic carbocycles. The molecule has 3 aromatic rings. The maximum Gasteiger partial charge on any atom is 0.205 e. The number of nitriles is 1. The number of fused-ring (bicyclic) bond motifs is 1. The molecule has 1 atom stereocenters. The third kappa shape index (κ3) is 3.57. The Morgan fingerprint density at radius 3 is 2.74 bits per heavy atom. The predicted octanol–water partition coefficient (Wildman–Crippen LogP) is 5.93. The zero-order valence-electron chi connectivity index (χ0n) is 18.9. The molecule has 5 nitrogen and oxygen atoms in total. The summed E-state index contributed by atoms with van der Waals surface area (Å²) in [5.74, 6) is -0.554. The molecule has 0 saturated heterocycles. The van der Waals surface area contributed by atoms with Gasteiger partial charge in [0.1, 0.15) is 23.2 Å². The number of ether oxygens (including phenoxy) is 1. The van der Waals surface area contributed by atoms with Crippen LogP contribution >= 0.6 is 11.6 Å². The highest BCUT2D eigenvalue weighted by molar-refractivity contribution is 6.31. The molecule has 2 aliphatic rings. The van der Waals surface area contributed by atoms with Crippen LogP contribution in [0.3, 0.4) is 0 Å². The molecule has 0 spiro atoms. The topological polar surface area (TPSA) is 81.0 Å². The maximum atomic E-state index is 14.6. The summed E-state index contributed by atoms with van der Waals surface area (Å²) in [5, 5.41) is 11.2. The normalized spacial score (nSPS) is 19.7. The van der Waals surface area contributed by atoms with Gasteiger partial charge in [0.2, 0.25) is 5.88 Å². The quantitative estimate of drug-likeness (QED) is 0.508. The van der Waals surface area contributed by atoms with Gasteiger partial charge in [-0.25, -0.2) is 4.39 Å². The average molecular weight is 476 g/mol. The number of nitrogens with two attached hydrogens (primary N) is 1. The lowest BCUT2D eigenvalue weighted by Gasteiger charge is -2.37. The van der Waals surface area contributed by atoms with Crippen molar-refractivity contribution in [3.63, 3.8) is 0 Å². The highest BCUT2D eigenvalue weighted by atomic mass is 35.5. The second-order valence-corrected chi connectivity index (χ2v) is 10.0. The minimum Gasteiger partial charge on any atom is -0.444 e. The third-order valence-corrected chi connectivity index (χ3v) is 6.95. The molecule has 0 fully saturated rings. The molecule has 34 heavy (non-hydrogen) atoms. The zero-order chi connectivity index (χ0) is 24.2. The number of ketones is 1. The van der Waals surface area contributed by atoms with Gasteiger partial charge in [-0.15, -0.1) is 0 Å². The van der Waals surface area contributed by atoms with E-state index in [1.165, 1.54) is 6.07 Å². The van der Waals surface area contributed by atoms with Gasteiger partial charge in [0, 0.05) is 46.1 Å². The summed E-state index contributed by atoms with van der Waals surface area (Å²) < 4.78 is 22.3. The van der Waals surface area contributed by atoms with Crippen molar-refractivity contribution < 1.29 is 13.9 Å². The van der Waals surface area contributed by atoms with Crippen LogP contribution in [0.1, 0.15) is 43.7 Å². The summed E-state index contributed by atoms with van der Waals surface area (Å²) in [4.78, 5) is 13.3.